The monoisotopic (exact) mass is 302 g/mol. The Morgan fingerprint density at radius 2 is 2.19 bits per heavy atom. The molecule has 0 amide bonds. The lowest BCUT2D eigenvalue weighted by molar-refractivity contribution is 0.130. The summed E-state index contributed by atoms with van der Waals surface area (Å²) in [5, 5.41) is 13.1. The van der Waals surface area contributed by atoms with E-state index in [0.717, 1.165) is 19.0 Å². The Balaban J connectivity index is 1.54. The molecule has 0 N–H and O–H groups in total. The average Bonchev–Trinajstić information content (AvgIpc) is 2.98. The molecule has 2 aliphatic rings. The minimum absolute atomic E-state index is 0.444. The van der Waals surface area contributed by atoms with E-state index in [9.17, 15) is 0 Å². The van der Waals surface area contributed by atoms with Crippen molar-refractivity contribution in [3.63, 3.8) is 0 Å². The minimum Gasteiger partial charge on any atom is -0.316 e. The third-order valence-corrected chi connectivity index (χ3v) is 5.41. The maximum atomic E-state index is 4.47. The quantitative estimate of drug-likeness (QED) is 0.848. The van der Waals surface area contributed by atoms with Crippen LogP contribution in [0.25, 0.3) is 0 Å². The fourth-order valence-electron chi connectivity index (χ4n) is 3.33. The molecule has 1 saturated carbocycles. The zero-order chi connectivity index (χ0) is 14.1. The van der Waals surface area contributed by atoms with Gasteiger partial charge in [-0.15, -0.1) is 10.2 Å². The smallest absolute Gasteiger partial charge is 0.150 e. The molecule has 21 heavy (non-hydrogen) atoms. The largest absolute Gasteiger partial charge is 0.316 e. The number of rotatable bonds is 5. The van der Waals surface area contributed by atoms with E-state index in [-0.39, 0.29) is 0 Å². The van der Waals surface area contributed by atoms with Gasteiger partial charge >= 0.3 is 0 Å². The van der Waals surface area contributed by atoms with Gasteiger partial charge < -0.3 is 4.57 Å². The van der Waals surface area contributed by atoms with Gasteiger partial charge in [0.1, 0.15) is 12.2 Å². The number of thiophene rings is 1. The van der Waals surface area contributed by atoms with Gasteiger partial charge in [-0.2, -0.15) is 11.3 Å². The van der Waals surface area contributed by atoms with E-state index in [1.54, 1.807) is 11.3 Å². The average molecular weight is 302 g/mol. The van der Waals surface area contributed by atoms with E-state index < -0.39 is 0 Å². The lowest BCUT2D eigenvalue weighted by Gasteiger charge is -2.35. The van der Waals surface area contributed by atoms with Crippen LogP contribution < -0.4 is 0 Å². The lowest BCUT2D eigenvalue weighted by atomic mass is 10.0. The molecule has 2 aromatic heterocycles. The summed E-state index contributed by atoms with van der Waals surface area (Å²) in [6.45, 7) is 3.34. The molecule has 4 rings (SSSR count). The molecule has 2 aromatic rings. The molecule has 0 bridgehead atoms. The zero-order valence-electron chi connectivity index (χ0n) is 12.3. The molecule has 112 valence electrons. The van der Waals surface area contributed by atoms with E-state index in [1.165, 1.54) is 50.0 Å². The number of hydrogen-bond donors (Lipinski definition) is 0. The van der Waals surface area contributed by atoms with Crippen molar-refractivity contribution in [2.45, 2.75) is 51.2 Å². The van der Waals surface area contributed by atoms with Gasteiger partial charge in [0.05, 0.1) is 6.04 Å². The van der Waals surface area contributed by atoms with Crippen molar-refractivity contribution >= 4 is 11.3 Å². The van der Waals surface area contributed by atoms with E-state index in [2.05, 4.69) is 36.5 Å². The third-order valence-electron chi connectivity index (χ3n) is 4.67. The van der Waals surface area contributed by atoms with Crippen LogP contribution in [0.4, 0.5) is 0 Å². The van der Waals surface area contributed by atoms with Gasteiger partial charge in [-0.3, -0.25) is 4.90 Å². The maximum Gasteiger partial charge on any atom is 0.150 e. The van der Waals surface area contributed by atoms with Gasteiger partial charge in [-0.25, -0.2) is 0 Å². The summed E-state index contributed by atoms with van der Waals surface area (Å²) in [4.78, 5) is 2.60. The number of likely N-dealkylation sites (tertiary alicyclic amines) is 1. The summed E-state index contributed by atoms with van der Waals surface area (Å²) >= 11 is 1.79. The topological polar surface area (TPSA) is 34.0 Å². The SMILES string of the molecule is c1cc(CN2CCCC[C@@H]2c2nncn2CC2CC2)cs1. The van der Waals surface area contributed by atoms with Crippen LogP contribution in [-0.2, 0) is 13.1 Å². The van der Waals surface area contributed by atoms with E-state index >= 15 is 0 Å². The van der Waals surface area contributed by atoms with E-state index in [0.29, 0.717) is 6.04 Å². The van der Waals surface area contributed by atoms with Gasteiger partial charge in [0, 0.05) is 13.1 Å². The molecule has 2 fully saturated rings. The minimum atomic E-state index is 0.444. The summed E-state index contributed by atoms with van der Waals surface area (Å²) in [6, 6.07) is 2.69. The summed E-state index contributed by atoms with van der Waals surface area (Å²) in [5.41, 5.74) is 1.43. The van der Waals surface area contributed by atoms with Crippen LogP contribution in [0.3, 0.4) is 0 Å². The Hall–Kier alpha value is -1.20. The molecule has 0 spiro atoms. The highest BCUT2D eigenvalue weighted by Crippen LogP contribution is 2.34. The highest BCUT2D eigenvalue weighted by Gasteiger charge is 2.30. The van der Waals surface area contributed by atoms with Crippen LogP contribution in [0.2, 0.25) is 0 Å². The molecule has 5 heteroatoms. The molecule has 0 unspecified atom stereocenters. The Morgan fingerprint density at radius 3 is 3.00 bits per heavy atom. The molecule has 1 aliphatic carbocycles. The van der Waals surface area contributed by atoms with Gasteiger partial charge in [-0.1, -0.05) is 6.42 Å². The van der Waals surface area contributed by atoms with Crippen LogP contribution in [0.5, 0.6) is 0 Å². The molecule has 4 nitrogen and oxygen atoms in total. The number of aromatic nitrogens is 3. The first-order valence-corrected chi connectivity index (χ1v) is 8.97. The van der Waals surface area contributed by atoms with Crippen molar-refractivity contribution < 1.29 is 0 Å². The van der Waals surface area contributed by atoms with Gasteiger partial charge in [0.15, 0.2) is 0 Å². The van der Waals surface area contributed by atoms with E-state index in [1.807, 2.05) is 6.33 Å². The molecule has 3 heterocycles. The molecule has 0 radical (unpaired) electrons. The Bertz CT molecular complexity index is 573. The van der Waals surface area contributed by atoms with Crippen molar-refractivity contribution in [1.82, 2.24) is 19.7 Å². The highest BCUT2D eigenvalue weighted by molar-refractivity contribution is 7.07. The molecule has 0 aromatic carbocycles. The van der Waals surface area contributed by atoms with Crippen molar-refractivity contribution in [2.24, 2.45) is 5.92 Å². The predicted octanol–water partition coefficient (Wildman–Crippen LogP) is 3.48. The first-order valence-electron chi connectivity index (χ1n) is 8.03. The van der Waals surface area contributed by atoms with Crippen LogP contribution in [0.15, 0.2) is 23.2 Å². The summed E-state index contributed by atoms with van der Waals surface area (Å²) < 4.78 is 2.31. The second-order valence-corrected chi connectivity index (χ2v) is 7.18. The van der Waals surface area contributed by atoms with Crippen LogP contribution in [0, 0.1) is 5.92 Å². The second-order valence-electron chi connectivity index (χ2n) is 6.40. The zero-order valence-corrected chi connectivity index (χ0v) is 13.1. The molecule has 1 aliphatic heterocycles. The summed E-state index contributed by atoms with van der Waals surface area (Å²) in [5.74, 6) is 2.06. The predicted molar refractivity (Wildman–Crippen MR) is 84.1 cm³/mol. The van der Waals surface area contributed by atoms with Crippen LogP contribution in [0.1, 0.15) is 49.5 Å². The van der Waals surface area contributed by atoms with Crippen molar-refractivity contribution in [2.75, 3.05) is 6.54 Å². The van der Waals surface area contributed by atoms with Gasteiger partial charge in [0.25, 0.3) is 0 Å². The fourth-order valence-corrected chi connectivity index (χ4v) is 3.99. The standard InChI is InChI=1S/C16H22N4S/c1-2-7-19(10-14-6-8-21-11-14)15(3-1)16-18-17-12-20(16)9-13-4-5-13/h6,8,11-13,15H,1-5,7,9-10H2/t15-/m1/s1. The highest BCUT2D eigenvalue weighted by atomic mass is 32.1. The Morgan fingerprint density at radius 1 is 1.24 bits per heavy atom. The second kappa shape index (κ2) is 5.89. The Labute approximate surface area is 129 Å². The van der Waals surface area contributed by atoms with E-state index in [4.69, 9.17) is 0 Å². The fraction of sp³-hybridized carbons (Fsp3) is 0.625. The molecule has 1 atom stereocenters. The number of nitrogens with zero attached hydrogens (tertiary/aromatic N) is 4. The molecule has 1 saturated heterocycles. The maximum absolute atomic E-state index is 4.47. The van der Waals surface area contributed by atoms with Gasteiger partial charge in [0.2, 0.25) is 0 Å². The molecular formula is C16H22N4S. The van der Waals surface area contributed by atoms with Crippen LogP contribution in [-0.4, -0.2) is 26.2 Å². The summed E-state index contributed by atoms with van der Waals surface area (Å²) in [7, 11) is 0. The third kappa shape index (κ3) is 3.04. The lowest BCUT2D eigenvalue weighted by Crippen LogP contribution is -2.34. The van der Waals surface area contributed by atoms with Crippen molar-refractivity contribution in [3.8, 4) is 0 Å². The van der Waals surface area contributed by atoms with Crippen molar-refractivity contribution in [1.29, 1.82) is 0 Å². The molecular weight excluding hydrogens is 280 g/mol. The first-order chi connectivity index (χ1) is 10.4. The van der Waals surface area contributed by atoms with Crippen molar-refractivity contribution in [3.05, 3.63) is 34.5 Å². The number of piperidine rings is 1. The Kier molecular flexibility index (Phi) is 3.78. The normalized spacial score (nSPS) is 23.5. The van der Waals surface area contributed by atoms with Gasteiger partial charge in [-0.05, 0) is 60.5 Å². The first kappa shape index (κ1) is 13.5. The number of hydrogen-bond acceptors (Lipinski definition) is 4. The summed E-state index contributed by atoms with van der Waals surface area (Å²) in [6.07, 6.45) is 8.51. The van der Waals surface area contributed by atoms with Crippen LogP contribution >= 0.6 is 11.3 Å².